The lowest BCUT2D eigenvalue weighted by molar-refractivity contribution is 0.812. The van der Waals surface area contributed by atoms with Gasteiger partial charge in [0.2, 0.25) is 0 Å². The van der Waals surface area contributed by atoms with Crippen molar-refractivity contribution < 1.29 is 0 Å². The maximum Gasteiger partial charge on any atom is 0.251 e. The normalized spacial score (nSPS) is 10.9. The molecular weight excluding hydrogens is 292 g/mol. The van der Waals surface area contributed by atoms with Gasteiger partial charge in [0.15, 0.2) is 0 Å². The van der Waals surface area contributed by atoms with Gasteiger partial charge in [-0.2, -0.15) is 0 Å². The van der Waals surface area contributed by atoms with E-state index in [0.29, 0.717) is 5.82 Å². The number of H-pyrrole nitrogens is 1. The van der Waals surface area contributed by atoms with Gasteiger partial charge >= 0.3 is 0 Å². The van der Waals surface area contributed by atoms with E-state index in [0.717, 1.165) is 21.3 Å². The topological polar surface area (TPSA) is 45.8 Å². The molecule has 2 aromatic rings. The Morgan fingerprint density at radius 2 is 2.00 bits per heavy atom. The van der Waals surface area contributed by atoms with Gasteiger partial charge in [-0.05, 0) is 24.5 Å². The average molecular weight is 307 g/mol. The molecule has 0 fully saturated rings. The number of hydrogen-bond acceptors (Lipinski definition) is 2. The van der Waals surface area contributed by atoms with E-state index in [9.17, 15) is 4.79 Å². The fourth-order valence-electron chi connectivity index (χ4n) is 1.65. The smallest absolute Gasteiger partial charge is 0.251 e. The number of nitrogens with zero attached hydrogens (tertiary/aromatic N) is 1. The zero-order chi connectivity index (χ0) is 13.3. The lowest BCUT2D eigenvalue weighted by Gasteiger charge is -2.08. The van der Waals surface area contributed by atoms with Crippen LogP contribution in [0, 0.1) is 6.92 Å². The second-order valence-electron chi connectivity index (χ2n) is 4.64. The minimum absolute atomic E-state index is 0.111. The second kappa shape index (κ2) is 5.06. The van der Waals surface area contributed by atoms with Gasteiger partial charge in [-0.25, -0.2) is 4.98 Å². The van der Waals surface area contributed by atoms with Gasteiger partial charge in [-0.15, -0.1) is 0 Å². The Bertz CT molecular complexity index is 632. The van der Waals surface area contributed by atoms with Gasteiger partial charge < -0.3 is 4.98 Å². The zero-order valence-electron chi connectivity index (χ0n) is 10.6. The summed E-state index contributed by atoms with van der Waals surface area (Å²) in [6, 6.07) is 7.49. The van der Waals surface area contributed by atoms with Gasteiger partial charge in [0.1, 0.15) is 5.82 Å². The van der Waals surface area contributed by atoms with E-state index in [1.54, 1.807) is 6.07 Å². The van der Waals surface area contributed by atoms with Gasteiger partial charge in [-0.1, -0.05) is 41.9 Å². The van der Waals surface area contributed by atoms with Crippen LogP contribution < -0.4 is 5.56 Å². The van der Waals surface area contributed by atoms with Gasteiger partial charge in [0, 0.05) is 16.1 Å². The van der Waals surface area contributed by atoms with E-state index in [1.807, 2.05) is 39.0 Å². The first-order chi connectivity index (χ1) is 8.47. The highest BCUT2D eigenvalue weighted by Gasteiger charge is 2.08. The van der Waals surface area contributed by atoms with Gasteiger partial charge in [-0.3, -0.25) is 4.79 Å². The number of aromatic nitrogens is 2. The molecule has 94 valence electrons. The zero-order valence-corrected chi connectivity index (χ0v) is 12.2. The monoisotopic (exact) mass is 306 g/mol. The summed E-state index contributed by atoms with van der Waals surface area (Å²) in [5.41, 5.74) is 2.76. The molecular formula is C14H15BrN2O. The third-order valence-electron chi connectivity index (χ3n) is 2.80. The summed E-state index contributed by atoms with van der Waals surface area (Å²) in [5.74, 6) is 0.854. The van der Waals surface area contributed by atoms with Crippen molar-refractivity contribution in [2.45, 2.75) is 26.7 Å². The molecule has 0 amide bonds. The lowest BCUT2D eigenvalue weighted by atomic mass is 10.1. The van der Waals surface area contributed by atoms with E-state index in [1.165, 1.54) is 0 Å². The van der Waals surface area contributed by atoms with Gasteiger partial charge in [0.05, 0.1) is 5.69 Å². The van der Waals surface area contributed by atoms with E-state index in [4.69, 9.17) is 0 Å². The SMILES string of the molecule is Cc1ccc(-c2nc(C(C)C)cc(=O)[nH]2)cc1Br. The Morgan fingerprint density at radius 1 is 1.28 bits per heavy atom. The van der Waals surface area contributed by atoms with Crippen molar-refractivity contribution in [2.24, 2.45) is 0 Å². The molecule has 0 saturated heterocycles. The van der Waals surface area contributed by atoms with Crippen LogP contribution in [-0.2, 0) is 0 Å². The largest absolute Gasteiger partial charge is 0.307 e. The standard InChI is InChI=1S/C14H15BrN2O/c1-8(2)12-7-13(18)17-14(16-12)10-5-4-9(3)11(15)6-10/h4-8H,1-3H3,(H,16,17,18). The molecule has 1 heterocycles. The molecule has 1 N–H and O–H groups in total. The summed E-state index contributed by atoms with van der Waals surface area (Å²) in [7, 11) is 0. The van der Waals surface area contributed by atoms with Crippen molar-refractivity contribution in [3.05, 3.63) is 50.3 Å². The lowest BCUT2D eigenvalue weighted by Crippen LogP contribution is -2.11. The Balaban J connectivity index is 2.56. The summed E-state index contributed by atoms with van der Waals surface area (Å²) in [6.45, 7) is 6.07. The van der Waals surface area contributed by atoms with Crippen LogP contribution in [0.1, 0.15) is 31.0 Å². The minimum Gasteiger partial charge on any atom is -0.307 e. The molecule has 3 nitrogen and oxygen atoms in total. The third kappa shape index (κ3) is 2.70. The van der Waals surface area contributed by atoms with Crippen molar-refractivity contribution in [3.8, 4) is 11.4 Å². The van der Waals surface area contributed by atoms with Crippen molar-refractivity contribution in [2.75, 3.05) is 0 Å². The highest BCUT2D eigenvalue weighted by molar-refractivity contribution is 9.10. The summed E-state index contributed by atoms with van der Waals surface area (Å²) >= 11 is 3.49. The van der Waals surface area contributed by atoms with Crippen LogP contribution in [-0.4, -0.2) is 9.97 Å². The predicted octanol–water partition coefficient (Wildman–Crippen LogP) is 3.63. The highest BCUT2D eigenvalue weighted by Crippen LogP contribution is 2.23. The van der Waals surface area contributed by atoms with Crippen LogP contribution >= 0.6 is 15.9 Å². The van der Waals surface area contributed by atoms with Crippen LogP contribution in [0.25, 0.3) is 11.4 Å². The average Bonchev–Trinajstić information content (AvgIpc) is 2.31. The number of hydrogen-bond donors (Lipinski definition) is 1. The maximum atomic E-state index is 11.6. The molecule has 0 saturated carbocycles. The molecule has 4 heteroatoms. The van der Waals surface area contributed by atoms with Crippen molar-refractivity contribution >= 4 is 15.9 Å². The molecule has 0 bridgehead atoms. The number of rotatable bonds is 2. The summed E-state index contributed by atoms with van der Waals surface area (Å²) < 4.78 is 1.01. The molecule has 0 aliphatic rings. The van der Waals surface area contributed by atoms with Crippen molar-refractivity contribution in [3.63, 3.8) is 0 Å². The highest BCUT2D eigenvalue weighted by atomic mass is 79.9. The molecule has 1 aromatic heterocycles. The van der Waals surface area contributed by atoms with E-state index in [2.05, 4.69) is 25.9 Å². The summed E-state index contributed by atoms with van der Waals surface area (Å²) in [4.78, 5) is 18.9. The van der Waals surface area contributed by atoms with E-state index >= 15 is 0 Å². The van der Waals surface area contributed by atoms with Crippen molar-refractivity contribution in [1.29, 1.82) is 0 Å². The van der Waals surface area contributed by atoms with Crippen LogP contribution in [0.5, 0.6) is 0 Å². The van der Waals surface area contributed by atoms with Crippen molar-refractivity contribution in [1.82, 2.24) is 9.97 Å². The molecule has 0 atom stereocenters. The molecule has 1 aromatic carbocycles. The Kier molecular flexibility index (Phi) is 3.66. The van der Waals surface area contributed by atoms with Crippen LogP contribution in [0.4, 0.5) is 0 Å². The van der Waals surface area contributed by atoms with Crippen LogP contribution in [0.2, 0.25) is 0 Å². The fourth-order valence-corrected chi connectivity index (χ4v) is 2.03. The predicted molar refractivity (Wildman–Crippen MR) is 76.8 cm³/mol. The third-order valence-corrected chi connectivity index (χ3v) is 3.65. The second-order valence-corrected chi connectivity index (χ2v) is 5.49. The Morgan fingerprint density at radius 3 is 2.61 bits per heavy atom. The molecule has 0 unspecified atom stereocenters. The van der Waals surface area contributed by atoms with E-state index in [-0.39, 0.29) is 11.5 Å². The first-order valence-corrected chi connectivity index (χ1v) is 6.64. The summed E-state index contributed by atoms with van der Waals surface area (Å²) in [6.07, 6.45) is 0. The number of nitrogens with one attached hydrogen (secondary N) is 1. The number of halogens is 1. The first-order valence-electron chi connectivity index (χ1n) is 5.85. The minimum atomic E-state index is -0.111. The molecule has 2 rings (SSSR count). The van der Waals surface area contributed by atoms with Crippen LogP contribution in [0.15, 0.2) is 33.5 Å². The van der Waals surface area contributed by atoms with Crippen LogP contribution in [0.3, 0.4) is 0 Å². The molecule has 0 aliphatic heterocycles. The Hall–Kier alpha value is -1.42. The number of benzene rings is 1. The molecule has 0 spiro atoms. The van der Waals surface area contributed by atoms with E-state index < -0.39 is 0 Å². The quantitative estimate of drug-likeness (QED) is 0.921. The van der Waals surface area contributed by atoms with Gasteiger partial charge in [0.25, 0.3) is 5.56 Å². The Labute approximate surface area is 114 Å². The fraction of sp³-hybridized carbons (Fsp3) is 0.286. The summed E-state index contributed by atoms with van der Waals surface area (Å²) in [5, 5.41) is 0. The molecule has 18 heavy (non-hydrogen) atoms. The molecule has 0 aliphatic carbocycles. The first kappa shape index (κ1) is 13.0. The number of aromatic amines is 1. The maximum absolute atomic E-state index is 11.6. The number of aryl methyl sites for hydroxylation is 1. The molecule has 0 radical (unpaired) electrons.